The van der Waals surface area contributed by atoms with Crippen molar-refractivity contribution >= 4 is 0 Å². The van der Waals surface area contributed by atoms with Crippen molar-refractivity contribution < 1.29 is 4.74 Å². The third kappa shape index (κ3) is 2.18. The molecule has 2 rings (SSSR count). The van der Waals surface area contributed by atoms with Gasteiger partial charge in [-0.05, 0) is 29.3 Å². The van der Waals surface area contributed by atoms with E-state index in [-0.39, 0.29) is 11.1 Å². The molecule has 1 aromatic carbocycles. The Labute approximate surface area is 98.1 Å². The first-order valence-corrected chi connectivity index (χ1v) is 5.02. The highest BCUT2D eigenvalue weighted by Crippen LogP contribution is 2.21. The van der Waals surface area contributed by atoms with Gasteiger partial charge >= 0.3 is 0 Å². The number of nitrogens with one attached hydrogen (secondary N) is 1. The summed E-state index contributed by atoms with van der Waals surface area (Å²) in [6.45, 7) is 0. The predicted octanol–water partition coefficient (Wildman–Crippen LogP) is 1.92. The van der Waals surface area contributed by atoms with Gasteiger partial charge in [0, 0.05) is 6.20 Å². The second-order valence-corrected chi connectivity index (χ2v) is 3.47. The van der Waals surface area contributed by atoms with Gasteiger partial charge in [0.15, 0.2) is 0 Å². The molecule has 0 aliphatic carbocycles. The van der Waals surface area contributed by atoms with Crippen molar-refractivity contribution in [3.8, 4) is 22.9 Å². The molecular weight excluding hydrogens is 216 g/mol. The van der Waals surface area contributed by atoms with Crippen LogP contribution in [0.5, 0.6) is 5.75 Å². The van der Waals surface area contributed by atoms with E-state index in [1.807, 2.05) is 30.3 Å². The molecule has 0 unspecified atom stereocenters. The van der Waals surface area contributed by atoms with Gasteiger partial charge in [-0.25, -0.2) is 0 Å². The van der Waals surface area contributed by atoms with Gasteiger partial charge in [-0.15, -0.1) is 0 Å². The quantitative estimate of drug-likeness (QED) is 0.850. The molecule has 0 amide bonds. The molecule has 0 aliphatic rings. The Morgan fingerprint density at radius 1 is 1.24 bits per heavy atom. The number of ether oxygens (including phenoxy) is 1. The lowest BCUT2D eigenvalue weighted by atomic mass is 10.1. The first kappa shape index (κ1) is 11.0. The van der Waals surface area contributed by atoms with Crippen LogP contribution in [0.1, 0.15) is 5.56 Å². The molecule has 4 nitrogen and oxygen atoms in total. The zero-order valence-electron chi connectivity index (χ0n) is 9.23. The third-order valence-electron chi connectivity index (χ3n) is 2.45. The summed E-state index contributed by atoms with van der Waals surface area (Å²) < 4.78 is 5.06. The van der Waals surface area contributed by atoms with E-state index in [2.05, 4.69) is 4.98 Å². The lowest BCUT2D eigenvalue weighted by molar-refractivity contribution is 0.415. The smallest absolute Gasteiger partial charge is 0.265 e. The maximum Gasteiger partial charge on any atom is 0.265 e. The summed E-state index contributed by atoms with van der Waals surface area (Å²) in [5, 5.41) is 8.78. The van der Waals surface area contributed by atoms with Crippen LogP contribution in [0.4, 0.5) is 0 Å². The Morgan fingerprint density at radius 3 is 2.53 bits per heavy atom. The first-order valence-electron chi connectivity index (χ1n) is 5.02. The Bertz CT molecular complexity index is 621. The number of methoxy groups -OCH3 is 1. The van der Waals surface area contributed by atoms with Crippen molar-refractivity contribution in [2.45, 2.75) is 0 Å². The van der Waals surface area contributed by atoms with Crippen LogP contribution in [0.2, 0.25) is 0 Å². The average Bonchev–Trinajstić information content (AvgIpc) is 2.39. The van der Waals surface area contributed by atoms with Crippen LogP contribution in [0, 0.1) is 11.3 Å². The molecule has 0 spiro atoms. The van der Waals surface area contributed by atoms with E-state index in [0.717, 1.165) is 16.9 Å². The number of hydrogen-bond donors (Lipinski definition) is 1. The molecule has 0 saturated carbocycles. The molecule has 1 aromatic heterocycles. The fraction of sp³-hybridized carbons (Fsp3) is 0.0769. The second kappa shape index (κ2) is 4.54. The van der Waals surface area contributed by atoms with Crippen LogP contribution in [0.3, 0.4) is 0 Å². The Kier molecular flexibility index (Phi) is 2.93. The fourth-order valence-electron chi connectivity index (χ4n) is 1.52. The van der Waals surface area contributed by atoms with Gasteiger partial charge in [0.05, 0.1) is 7.11 Å². The van der Waals surface area contributed by atoms with Crippen molar-refractivity contribution in [1.82, 2.24) is 4.98 Å². The molecule has 0 radical (unpaired) electrons. The van der Waals surface area contributed by atoms with E-state index in [4.69, 9.17) is 10.00 Å². The van der Waals surface area contributed by atoms with Crippen LogP contribution in [-0.2, 0) is 0 Å². The van der Waals surface area contributed by atoms with Crippen LogP contribution >= 0.6 is 0 Å². The number of H-pyrrole nitrogens is 1. The van der Waals surface area contributed by atoms with E-state index >= 15 is 0 Å². The second-order valence-electron chi connectivity index (χ2n) is 3.47. The summed E-state index contributed by atoms with van der Waals surface area (Å²) in [5.74, 6) is 0.763. The minimum absolute atomic E-state index is 0.110. The predicted molar refractivity (Wildman–Crippen MR) is 63.8 cm³/mol. The monoisotopic (exact) mass is 226 g/mol. The zero-order valence-corrected chi connectivity index (χ0v) is 9.23. The van der Waals surface area contributed by atoms with Crippen molar-refractivity contribution in [3.05, 3.63) is 52.4 Å². The standard InChI is InChI=1S/C13H10N2O2/c1-17-12-4-2-9(3-5-12)11-6-10(7-14)13(16)15-8-11/h2-6,8H,1H3,(H,15,16). The number of nitriles is 1. The molecule has 0 saturated heterocycles. The molecule has 1 heterocycles. The van der Waals surface area contributed by atoms with E-state index in [0.29, 0.717) is 0 Å². The summed E-state index contributed by atoms with van der Waals surface area (Å²) in [6.07, 6.45) is 1.59. The molecular formula is C13H10N2O2. The first-order chi connectivity index (χ1) is 8.24. The number of aromatic nitrogens is 1. The summed E-state index contributed by atoms with van der Waals surface area (Å²) in [6, 6.07) is 10.8. The number of nitrogens with zero attached hydrogens (tertiary/aromatic N) is 1. The van der Waals surface area contributed by atoms with Gasteiger partial charge in [0.2, 0.25) is 0 Å². The van der Waals surface area contributed by atoms with Gasteiger partial charge in [0.1, 0.15) is 17.4 Å². The van der Waals surface area contributed by atoms with Crippen molar-refractivity contribution in [1.29, 1.82) is 5.26 Å². The largest absolute Gasteiger partial charge is 0.497 e. The fourth-order valence-corrected chi connectivity index (χ4v) is 1.52. The van der Waals surface area contributed by atoms with Crippen LogP contribution in [0.15, 0.2) is 41.3 Å². The Balaban J connectivity index is 2.46. The van der Waals surface area contributed by atoms with Crippen LogP contribution in [0.25, 0.3) is 11.1 Å². The summed E-state index contributed by atoms with van der Waals surface area (Å²) in [4.78, 5) is 13.8. The molecule has 0 atom stereocenters. The summed E-state index contributed by atoms with van der Waals surface area (Å²) >= 11 is 0. The van der Waals surface area contributed by atoms with E-state index in [1.54, 1.807) is 19.4 Å². The average molecular weight is 226 g/mol. The number of benzene rings is 1. The van der Waals surface area contributed by atoms with Gasteiger partial charge < -0.3 is 9.72 Å². The molecule has 2 aromatic rings. The number of pyridine rings is 1. The molecule has 17 heavy (non-hydrogen) atoms. The van der Waals surface area contributed by atoms with Crippen LogP contribution < -0.4 is 10.3 Å². The lowest BCUT2D eigenvalue weighted by Gasteiger charge is -2.03. The van der Waals surface area contributed by atoms with Crippen molar-refractivity contribution in [2.24, 2.45) is 0 Å². The number of hydrogen-bond acceptors (Lipinski definition) is 3. The lowest BCUT2D eigenvalue weighted by Crippen LogP contribution is -2.08. The van der Waals surface area contributed by atoms with Gasteiger partial charge in [-0.3, -0.25) is 4.79 Å². The van der Waals surface area contributed by atoms with Crippen LogP contribution in [-0.4, -0.2) is 12.1 Å². The minimum Gasteiger partial charge on any atom is -0.497 e. The normalized spacial score (nSPS) is 9.65. The molecule has 4 heteroatoms. The minimum atomic E-state index is -0.371. The SMILES string of the molecule is COc1ccc(-c2c[nH]c(=O)c(C#N)c2)cc1. The van der Waals surface area contributed by atoms with E-state index < -0.39 is 0 Å². The summed E-state index contributed by atoms with van der Waals surface area (Å²) in [5.41, 5.74) is 1.45. The maximum absolute atomic E-state index is 11.2. The number of rotatable bonds is 2. The maximum atomic E-state index is 11.2. The van der Waals surface area contributed by atoms with E-state index in [1.165, 1.54) is 0 Å². The third-order valence-corrected chi connectivity index (χ3v) is 2.45. The highest BCUT2D eigenvalue weighted by atomic mass is 16.5. The molecule has 84 valence electrons. The highest BCUT2D eigenvalue weighted by molar-refractivity contribution is 5.64. The van der Waals surface area contributed by atoms with Crippen molar-refractivity contribution in [2.75, 3.05) is 7.11 Å². The molecule has 0 fully saturated rings. The topological polar surface area (TPSA) is 65.9 Å². The highest BCUT2D eigenvalue weighted by Gasteiger charge is 2.03. The van der Waals surface area contributed by atoms with Gasteiger partial charge in [0.25, 0.3) is 5.56 Å². The zero-order chi connectivity index (χ0) is 12.3. The Hall–Kier alpha value is -2.54. The Morgan fingerprint density at radius 2 is 1.94 bits per heavy atom. The van der Waals surface area contributed by atoms with E-state index in [9.17, 15) is 4.79 Å². The molecule has 0 bridgehead atoms. The van der Waals surface area contributed by atoms with Gasteiger partial charge in [-0.1, -0.05) is 12.1 Å². The van der Waals surface area contributed by atoms with Crippen molar-refractivity contribution in [3.63, 3.8) is 0 Å². The molecule has 0 aliphatic heterocycles. The summed E-state index contributed by atoms with van der Waals surface area (Å²) in [7, 11) is 1.60. The molecule has 1 N–H and O–H groups in total. The van der Waals surface area contributed by atoms with Gasteiger partial charge in [-0.2, -0.15) is 5.26 Å². The number of aromatic amines is 1.